The quantitative estimate of drug-likeness (QED) is 0.725. The van der Waals surface area contributed by atoms with Crippen molar-refractivity contribution >= 4 is 0 Å². The largest absolute Gasteiger partial charge is 0.390 e. The van der Waals surface area contributed by atoms with Crippen molar-refractivity contribution in [1.82, 2.24) is 0 Å². The van der Waals surface area contributed by atoms with Crippen molar-refractivity contribution in [1.29, 1.82) is 0 Å². The highest BCUT2D eigenvalue weighted by Gasteiger charge is 2.41. The summed E-state index contributed by atoms with van der Waals surface area (Å²) in [6.07, 6.45) is 3.88. The third kappa shape index (κ3) is 2.42. The summed E-state index contributed by atoms with van der Waals surface area (Å²) in [6.45, 7) is 4.53. The van der Waals surface area contributed by atoms with Crippen LogP contribution in [-0.4, -0.2) is 29.2 Å². The molecule has 3 heteroatoms. The van der Waals surface area contributed by atoms with Crippen molar-refractivity contribution in [2.45, 2.75) is 57.0 Å². The predicted octanol–water partition coefficient (Wildman–Crippen LogP) is 1.44. The van der Waals surface area contributed by atoms with Gasteiger partial charge < -0.3 is 14.6 Å². The van der Waals surface area contributed by atoms with E-state index in [-0.39, 0.29) is 11.7 Å². The van der Waals surface area contributed by atoms with Crippen molar-refractivity contribution in [3.8, 4) is 0 Å². The fraction of sp³-hybridized carbons (Fsp3) is 1.00. The van der Waals surface area contributed by atoms with E-state index in [2.05, 4.69) is 0 Å². The number of rotatable bonds is 3. The molecule has 13 heavy (non-hydrogen) atoms. The Balaban J connectivity index is 1.72. The molecule has 1 heterocycles. The summed E-state index contributed by atoms with van der Waals surface area (Å²) in [5, 5.41) is 9.62. The fourth-order valence-electron chi connectivity index (χ4n) is 1.73. The second kappa shape index (κ2) is 2.94. The van der Waals surface area contributed by atoms with Crippen LogP contribution in [0.25, 0.3) is 0 Å². The Morgan fingerprint density at radius 3 is 2.54 bits per heavy atom. The summed E-state index contributed by atoms with van der Waals surface area (Å²) in [7, 11) is 0. The van der Waals surface area contributed by atoms with Crippen LogP contribution in [0, 0.1) is 0 Å². The lowest BCUT2D eigenvalue weighted by atomic mass is 10.1. The van der Waals surface area contributed by atoms with E-state index in [4.69, 9.17) is 9.47 Å². The lowest BCUT2D eigenvalue weighted by molar-refractivity contribution is -0.139. The topological polar surface area (TPSA) is 38.7 Å². The van der Waals surface area contributed by atoms with E-state index in [1.165, 1.54) is 0 Å². The minimum Gasteiger partial charge on any atom is -0.390 e. The number of aliphatic hydroxyl groups is 1. The van der Waals surface area contributed by atoms with Crippen LogP contribution in [0.2, 0.25) is 0 Å². The maximum absolute atomic E-state index is 9.62. The van der Waals surface area contributed by atoms with Gasteiger partial charge in [-0.05, 0) is 39.5 Å². The first-order chi connectivity index (χ1) is 5.99. The molecule has 76 valence electrons. The third-order valence-electron chi connectivity index (χ3n) is 2.83. The SMILES string of the molecule is CC1(C)OCC(CCC2(O)CC2)O1. The summed E-state index contributed by atoms with van der Waals surface area (Å²) in [4.78, 5) is 0. The van der Waals surface area contributed by atoms with Gasteiger partial charge in [-0.15, -0.1) is 0 Å². The van der Waals surface area contributed by atoms with E-state index in [1.807, 2.05) is 13.8 Å². The van der Waals surface area contributed by atoms with Gasteiger partial charge in [0, 0.05) is 0 Å². The third-order valence-corrected chi connectivity index (χ3v) is 2.83. The summed E-state index contributed by atoms with van der Waals surface area (Å²) in [6, 6.07) is 0. The Morgan fingerprint density at radius 2 is 2.08 bits per heavy atom. The van der Waals surface area contributed by atoms with Crippen LogP contribution < -0.4 is 0 Å². The molecular formula is C10H18O3. The Kier molecular flexibility index (Phi) is 2.13. The number of hydrogen-bond acceptors (Lipinski definition) is 3. The molecule has 0 bridgehead atoms. The Bertz CT molecular complexity index is 196. The van der Waals surface area contributed by atoms with Gasteiger partial charge in [0.2, 0.25) is 0 Å². The molecule has 2 aliphatic rings. The lowest BCUT2D eigenvalue weighted by Crippen LogP contribution is -2.22. The van der Waals surface area contributed by atoms with E-state index in [0.29, 0.717) is 6.61 Å². The van der Waals surface area contributed by atoms with Gasteiger partial charge in [0.15, 0.2) is 5.79 Å². The van der Waals surface area contributed by atoms with Crippen LogP contribution in [0.1, 0.15) is 39.5 Å². The molecule has 0 radical (unpaired) electrons. The molecule has 1 saturated carbocycles. The monoisotopic (exact) mass is 186 g/mol. The van der Waals surface area contributed by atoms with Gasteiger partial charge in [0.25, 0.3) is 0 Å². The van der Waals surface area contributed by atoms with Crippen molar-refractivity contribution in [3.05, 3.63) is 0 Å². The van der Waals surface area contributed by atoms with Crippen LogP contribution in [0.4, 0.5) is 0 Å². The van der Waals surface area contributed by atoms with Crippen molar-refractivity contribution in [2.75, 3.05) is 6.61 Å². The first-order valence-corrected chi connectivity index (χ1v) is 5.03. The first kappa shape index (κ1) is 9.44. The molecule has 0 amide bonds. The Hall–Kier alpha value is -0.120. The van der Waals surface area contributed by atoms with Gasteiger partial charge in [0.05, 0.1) is 18.3 Å². The highest BCUT2D eigenvalue weighted by atomic mass is 16.7. The maximum Gasteiger partial charge on any atom is 0.163 e. The van der Waals surface area contributed by atoms with E-state index in [1.54, 1.807) is 0 Å². The minimum absolute atomic E-state index is 0.180. The average Bonchev–Trinajstić information content (AvgIpc) is 2.65. The Labute approximate surface area is 79.0 Å². The summed E-state index contributed by atoms with van der Waals surface area (Å²) in [5.41, 5.74) is -0.351. The molecule has 2 rings (SSSR count). The van der Waals surface area contributed by atoms with Crippen LogP contribution in [0.5, 0.6) is 0 Å². The zero-order valence-electron chi connectivity index (χ0n) is 8.38. The van der Waals surface area contributed by atoms with Crippen LogP contribution in [0.3, 0.4) is 0 Å². The van der Waals surface area contributed by atoms with Gasteiger partial charge in [-0.2, -0.15) is 0 Å². The van der Waals surface area contributed by atoms with Gasteiger partial charge in [0.1, 0.15) is 0 Å². The molecule has 2 fully saturated rings. The summed E-state index contributed by atoms with van der Waals surface area (Å²) in [5.74, 6) is -0.420. The molecular weight excluding hydrogens is 168 g/mol. The maximum atomic E-state index is 9.62. The second-order valence-corrected chi connectivity index (χ2v) is 4.71. The zero-order chi connectivity index (χ0) is 9.53. The molecule has 1 saturated heterocycles. The van der Waals surface area contributed by atoms with E-state index < -0.39 is 5.79 Å². The van der Waals surface area contributed by atoms with Crippen molar-refractivity contribution < 1.29 is 14.6 Å². The van der Waals surface area contributed by atoms with Gasteiger partial charge >= 0.3 is 0 Å². The molecule has 1 unspecified atom stereocenters. The fourth-order valence-corrected chi connectivity index (χ4v) is 1.73. The molecule has 1 atom stereocenters. The molecule has 1 aliphatic carbocycles. The normalized spacial score (nSPS) is 34.8. The molecule has 3 nitrogen and oxygen atoms in total. The van der Waals surface area contributed by atoms with E-state index in [9.17, 15) is 5.11 Å². The van der Waals surface area contributed by atoms with Gasteiger partial charge in [-0.25, -0.2) is 0 Å². The second-order valence-electron chi connectivity index (χ2n) is 4.71. The van der Waals surface area contributed by atoms with Crippen molar-refractivity contribution in [2.24, 2.45) is 0 Å². The molecule has 0 spiro atoms. The van der Waals surface area contributed by atoms with Gasteiger partial charge in [-0.1, -0.05) is 0 Å². The molecule has 1 aliphatic heterocycles. The lowest BCUT2D eigenvalue weighted by Gasteiger charge is -2.17. The van der Waals surface area contributed by atoms with E-state index >= 15 is 0 Å². The molecule has 1 N–H and O–H groups in total. The molecule has 0 aromatic carbocycles. The van der Waals surface area contributed by atoms with E-state index in [0.717, 1.165) is 25.7 Å². The zero-order valence-corrected chi connectivity index (χ0v) is 8.38. The standard InChI is InChI=1S/C10H18O3/c1-9(2)12-7-8(13-9)3-4-10(11)5-6-10/h8,11H,3-7H2,1-2H3. The molecule has 0 aromatic rings. The van der Waals surface area contributed by atoms with Crippen LogP contribution in [-0.2, 0) is 9.47 Å². The van der Waals surface area contributed by atoms with Crippen LogP contribution >= 0.6 is 0 Å². The van der Waals surface area contributed by atoms with Gasteiger partial charge in [-0.3, -0.25) is 0 Å². The molecule has 0 aromatic heterocycles. The summed E-state index contributed by atoms with van der Waals surface area (Å²) >= 11 is 0. The van der Waals surface area contributed by atoms with Crippen LogP contribution in [0.15, 0.2) is 0 Å². The predicted molar refractivity (Wildman–Crippen MR) is 48.3 cm³/mol. The van der Waals surface area contributed by atoms with Crippen molar-refractivity contribution in [3.63, 3.8) is 0 Å². The number of ether oxygens (including phenoxy) is 2. The smallest absolute Gasteiger partial charge is 0.163 e. The average molecular weight is 186 g/mol. The highest BCUT2D eigenvalue weighted by Crippen LogP contribution is 2.40. The number of hydrogen-bond donors (Lipinski definition) is 1. The Morgan fingerprint density at radius 1 is 1.38 bits per heavy atom. The highest BCUT2D eigenvalue weighted by molar-refractivity contribution is 4.93. The summed E-state index contributed by atoms with van der Waals surface area (Å²) < 4.78 is 11.1. The minimum atomic E-state index is -0.420. The first-order valence-electron chi connectivity index (χ1n) is 5.03.